The normalized spacial score (nSPS) is 16.4. The summed E-state index contributed by atoms with van der Waals surface area (Å²) >= 11 is 6.07. The maximum atomic E-state index is 12.8. The van der Waals surface area contributed by atoms with Crippen LogP contribution >= 0.6 is 24.0 Å². The van der Waals surface area contributed by atoms with E-state index in [1.165, 1.54) is 11.1 Å². The van der Waals surface area contributed by atoms with E-state index >= 15 is 0 Å². The maximum absolute atomic E-state index is 12.8. The van der Waals surface area contributed by atoms with E-state index in [1.54, 1.807) is 0 Å². The van der Waals surface area contributed by atoms with Crippen molar-refractivity contribution in [3.63, 3.8) is 0 Å². The summed E-state index contributed by atoms with van der Waals surface area (Å²) in [6, 6.07) is 14.0. The SMILES string of the molecule is Cl.O=C(c1ccc2c(c1)CNC2)N1CCN(c2cccc(Cl)c2)CC1. The van der Waals surface area contributed by atoms with Crippen molar-refractivity contribution in [2.24, 2.45) is 0 Å². The van der Waals surface area contributed by atoms with Gasteiger partial charge in [0.2, 0.25) is 0 Å². The summed E-state index contributed by atoms with van der Waals surface area (Å²) in [4.78, 5) is 17.0. The highest BCUT2D eigenvalue weighted by Gasteiger charge is 2.23. The van der Waals surface area contributed by atoms with Crippen molar-refractivity contribution in [3.05, 3.63) is 64.2 Å². The molecule has 1 fully saturated rings. The predicted octanol–water partition coefficient (Wildman–Crippen LogP) is 3.33. The summed E-state index contributed by atoms with van der Waals surface area (Å²) in [7, 11) is 0. The average Bonchev–Trinajstić information content (AvgIpc) is 3.09. The Morgan fingerprint density at radius 1 is 0.960 bits per heavy atom. The lowest BCUT2D eigenvalue weighted by Gasteiger charge is -2.36. The van der Waals surface area contributed by atoms with E-state index in [2.05, 4.69) is 22.3 Å². The van der Waals surface area contributed by atoms with Crippen molar-refractivity contribution >= 4 is 35.6 Å². The van der Waals surface area contributed by atoms with E-state index in [4.69, 9.17) is 11.6 Å². The number of carbonyl (C=O) groups is 1. The highest BCUT2D eigenvalue weighted by molar-refractivity contribution is 6.30. The van der Waals surface area contributed by atoms with E-state index in [0.29, 0.717) is 0 Å². The van der Waals surface area contributed by atoms with Crippen molar-refractivity contribution in [3.8, 4) is 0 Å². The Kier molecular flexibility index (Phi) is 5.52. The van der Waals surface area contributed by atoms with E-state index < -0.39 is 0 Å². The third-order valence-electron chi connectivity index (χ3n) is 4.82. The Morgan fingerprint density at radius 2 is 1.72 bits per heavy atom. The number of anilines is 1. The van der Waals surface area contributed by atoms with Crippen LogP contribution in [0.3, 0.4) is 0 Å². The van der Waals surface area contributed by atoms with Gasteiger partial charge < -0.3 is 15.1 Å². The number of halogens is 2. The first-order valence-corrected chi connectivity index (χ1v) is 8.71. The predicted molar refractivity (Wildman–Crippen MR) is 104 cm³/mol. The van der Waals surface area contributed by atoms with Gasteiger partial charge in [0, 0.05) is 55.5 Å². The number of carbonyl (C=O) groups excluding carboxylic acids is 1. The molecular weight excluding hydrogens is 357 g/mol. The van der Waals surface area contributed by atoms with Gasteiger partial charge in [0.25, 0.3) is 5.91 Å². The van der Waals surface area contributed by atoms with Gasteiger partial charge in [-0.05, 0) is 41.5 Å². The monoisotopic (exact) mass is 377 g/mol. The molecule has 6 heteroatoms. The van der Waals surface area contributed by atoms with E-state index in [1.807, 2.05) is 35.2 Å². The lowest BCUT2D eigenvalue weighted by molar-refractivity contribution is 0.0746. The van der Waals surface area contributed by atoms with Gasteiger partial charge >= 0.3 is 0 Å². The third-order valence-corrected chi connectivity index (χ3v) is 5.06. The second kappa shape index (κ2) is 7.65. The summed E-state index contributed by atoms with van der Waals surface area (Å²) in [5.74, 6) is 0.135. The molecule has 0 aliphatic carbocycles. The molecule has 0 atom stereocenters. The quantitative estimate of drug-likeness (QED) is 0.871. The first kappa shape index (κ1) is 18.1. The first-order valence-electron chi connectivity index (χ1n) is 8.33. The number of amides is 1. The molecule has 1 amide bonds. The van der Waals surface area contributed by atoms with E-state index in [-0.39, 0.29) is 18.3 Å². The van der Waals surface area contributed by atoms with Crippen LogP contribution < -0.4 is 10.2 Å². The molecule has 1 saturated heterocycles. The van der Waals surface area contributed by atoms with Crippen molar-refractivity contribution in [2.75, 3.05) is 31.1 Å². The lowest BCUT2D eigenvalue weighted by Crippen LogP contribution is -2.48. The fourth-order valence-corrected chi connectivity index (χ4v) is 3.64. The van der Waals surface area contributed by atoms with Crippen molar-refractivity contribution < 1.29 is 4.79 Å². The molecule has 1 N–H and O–H groups in total. The molecule has 0 bridgehead atoms. The number of nitrogens with zero attached hydrogens (tertiary/aromatic N) is 2. The number of nitrogens with one attached hydrogen (secondary N) is 1. The molecule has 2 heterocycles. The van der Waals surface area contributed by atoms with Gasteiger partial charge in [-0.1, -0.05) is 23.7 Å². The zero-order valence-corrected chi connectivity index (χ0v) is 15.4. The Labute approximate surface area is 159 Å². The third kappa shape index (κ3) is 3.76. The molecule has 2 aromatic carbocycles. The Morgan fingerprint density at radius 3 is 2.48 bits per heavy atom. The summed E-state index contributed by atoms with van der Waals surface area (Å²) in [5, 5.41) is 4.07. The Balaban J connectivity index is 0.00000182. The van der Waals surface area contributed by atoms with Crippen LogP contribution in [0, 0.1) is 0 Å². The molecule has 25 heavy (non-hydrogen) atoms. The van der Waals surface area contributed by atoms with E-state index in [0.717, 1.165) is 55.5 Å². The molecule has 0 unspecified atom stereocenters. The van der Waals surface area contributed by atoms with Crippen LogP contribution in [0.2, 0.25) is 5.02 Å². The smallest absolute Gasteiger partial charge is 0.253 e. The Hall–Kier alpha value is -1.75. The second-order valence-corrected chi connectivity index (χ2v) is 6.78. The summed E-state index contributed by atoms with van der Waals surface area (Å²) in [6.07, 6.45) is 0. The first-order chi connectivity index (χ1) is 11.7. The minimum Gasteiger partial charge on any atom is -0.368 e. The Bertz CT molecular complexity index is 773. The molecule has 2 aromatic rings. The van der Waals surface area contributed by atoms with Crippen LogP contribution in [0.15, 0.2) is 42.5 Å². The number of rotatable bonds is 2. The minimum absolute atomic E-state index is 0. The van der Waals surface area contributed by atoms with Crippen LogP contribution in [0.5, 0.6) is 0 Å². The van der Waals surface area contributed by atoms with Gasteiger partial charge in [-0.2, -0.15) is 0 Å². The molecule has 2 aliphatic heterocycles. The fourth-order valence-electron chi connectivity index (χ4n) is 3.45. The topological polar surface area (TPSA) is 35.6 Å². The number of benzene rings is 2. The lowest BCUT2D eigenvalue weighted by atomic mass is 10.1. The fraction of sp³-hybridized carbons (Fsp3) is 0.316. The van der Waals surface area contributed by atoms with Crippen LogP contribution in [0.1, 0.15) is 21.5 Å². The number of fused-ring (bicyclic) bond motifs is 1. The molecule has 0 saturated carbocycles. The average molecular weight is 378 g/mol. The van der Waals surface area contributed by atoms with Gasteiger partial charge in [-0.15, -0.1) is 12.4 Å². The minimum atomic E-state index is 0. The van der Waals surface area contributed by atoms with Crippen molar-refractivity contribution in [2.45, 2.75) is 13.1 Å². The molecule has 4 rings (SSSR count). The number of piperazine rings is 1. The highest BCUT2D eigenvalue weighted by Crippen LogP contribution is 2.22. The molecule has 0 spiro atoms. The summed E-state index contributed by atoms with van der Waals surface area (Å²) in [6.45, 7) is 4.90. The van der Waals surface area contributed by atoms with Crippen molar-refractivity contribution in [1.82, 2.24) is 10.2 Å². The molecule has 0 radical (unpaired) electrons. The molecule has 2 aliphatic rings. The molecule has 4 nitrogen and oxygen atoms in total. The second-order valence-electron chi connectivity index (χ2n) is 6.35. The van der Waals surface area contributed by atoms with Gasteiger partial charge in [0.15, 0.2) is 0 Å². The van der Waals surface area contributed by atoms with Gasteiger partial charge in [0.1, 0.15) is 0 Å². The summed E-state index contributed by atoms with van der Waals surface area (Å²) in [5.41, 5.74) is 4.47. The van der Waals surface area contributed by atoms with Gasteiger partial charge in [0.05, 0.1) is 0 Å². The molecule has 0 aromatic heterocycles. The van der Waals surface area contributed by atoms with Gasteiger partial charge in [-0.3, -0.25) is 4.79 Å². The standard InChI is InChI=1S/C19H20ClN3O.ClH/c20-17-2-1-3-18(11-17)22-6-8-23(9-7-22)19(24)14-4-5-15-12-21-13-16(15)10-14;/h1-5,10-11,21H,6-9,12-13H2;1H. The van der Waals surface area contributed by atoms with Gasteiger partial charge in [-0.25, -0.2) is 0 Å². The maximum Gasteiger partial charge on any atom is 0.253 e. The van der Waals surface area contributed by atoms with Crippen LogP contribution in [-0.2, 0) is 13.1 Å². The zero-order valence-electron chi connectivity index (χ0n) is 13.9. The number of hydrogen-bond acceptors (Lipinski definition) is 3. The largest absolute Gasteiger partial charge is 0.368 e. The summed E-state index contributed by atoms with van der Waals surface area (Å²) < 4.78 is 0. The van der Waals surface area contributed by atoms with E-state index in [9.17, 15) is 4.79 Å². The molecular formula is C19H21Cl2N3O. The molecule has 132 valence electrons. The van der Waals surface area contributed by atoms with Crippen molar-refractivity contribution in [1.29, 1.82) is 0 Å². The van der Waals surface area contributed by atoms with Crippen LogP contribution in [-0.4, -0.2) is 37.0 Å². The van der Waals surface area contributed by atoms with Crippen LogP contribution in [0.25, 0.3) is 0 Å². The number of hydrogen-bond donors (Lipinski definition) is 1. The highest BCUT2D eigenvalue weighted by atomic mass is 35.5. The zero-order chi connectivity index (χ0) is 16.5. The van der Waals surface area contributed by atoms with Crippen LogP contribution in [0.4, 0.5) is 5.69 Å².